The van der Waals surface area contributed by atoms with Crippen molar-refractivity contribution in [3.05, 3.63) is 82.9 Å². The number of rotatable bonds is 6. The topological polar surface area (TPSA) is 18.5 Å². The first kappa shape index (κ1) is 20.7. The Morgan fingerprint density at radius 2 is 1.34 bits per heavy atom. The summed E-state index contributed by atoms with van der Waals surface area (Å²) in [5.74, 6) is 1.52. The van der Waals surface area contributed by atoms with Crippen molar-refractivity contribution >= 4 is 0 Å². The third-order valence-corrected chi connectivity index (χ3v) is 5.14. The van der Waals surface area contributed by atoms with E-state index in [1.54, 1.807) is 7.11 Å². The first-order chi connectivity index (χ1) is 13.9. The number of hydrogen-bond donors (Lipinski definition) is 0. The molecule has 0 atom stereocenters. The van der Waals surface area contributed by atoms with Crippen molar-refractivity contribution in [2.75, 3.05) is 13.7 Å². The van der Waals surface area contributed by atoms with Crippen LogP contribution in [0.2, 0.25) is 0 Å². The van der Waals surface area contributed by atoms with Crippen LogP contribution in [0.4, 0.5) is 0 Å². The van der Waals surface area contributed by atoms with Crippen LogP contribution in [0.25, 0.3) is 22.3 Å². The highest BCUT2D eigenvalue weighted by Gasteiger charge is 2.12. The van der Waals surface area contributed by atoms with Gasteiger partial charge in [-0.2, -0.15) is 0 Å². The van der Waals surface area contributed by atoms with Crippen molar-refractivity contribution in [2.45, 2.75) is 34.6 Å². The van der Waals surface area contributed by atoms with Gasteiger partial charge in [-0.1, -0.05) is 53.6 Å². The molecule has 0 unspecified atom stereocenters. The Hall–Kier alpha value is -3.00. The van der Waals surface area contributed by atoms with Crippen LogP contribution in [0.1, 0.15) is 30.5 Å². The van der Waals surface area contributed by atoms with Gasteiger partial charge >= 0.3 is 0 Å². The summed E-state index contributed by atoms with van der Waals surface area (Å²) in [6, 6.07) is 19.4. The van der Waals surface area contributed by atoms with Crippen molar-refractivity contribution in [2.24, 2.45) is 0 Å². The van der Waals surface area contributed by atoms with Gasteiger partial charge in [0.05, 0.1) is 7.11 Å². The predicted molar refractivity (Wildman–Crippen MR) is 123 cm³/mol. The Bertz CT molecular complexity index is 1020. The smallest absolute Gasteiger partial charge is 0.161 e. The van der Waals surface area contributed by atoms with E-state index in [2.05, 4.69) is 89.2 Å². The molecule has 0 spiro atoms. The van der Waals surface area contributed by atoms with Crippen molar-refractivity contribution < 1.29 is 9.47 Å². The van der Waals surface area contributed by atoms with Crippen molar-refractivity contribution in [3.63, 3.8) is 0 Å². The fraction of sp³-hybridized carbons (Fsp3) is 0.259. The van der Waals surface area contributed by atoms with Gasteiger partial charge < -0.3 is 9.47 Å². The molecule has 0 saturated carbocycles. The third kappa shape index (κ3) is 4.89. The molecule has 0 aliphatic rings. The molecule has 0 aliphatic heterocycles. The number of methoxy groups -OCH3 is 1. The predicted octanol–water partition coefficient (Wildman–Crippen LogP) is 7.30. The number of hydrogen-bond acceptors (Lipinski definition) is 2. The second-order valence-electron chi connectivity index (χ2n) is 7.81. The zero-order valence-corrected chi connectivity index (χ0v) is 18.3. The van der Waals surface area contributed by atoms with Crippen LogP contribution in [-0.2, 0) is 0 Å². The lowest BCUT2D eigenvalue weighted by atomic mass is 9.91. The minimum Gasteiger partial charge on any atom is -0.493 e. The van der Waals surface area contributed by atoms with Crippen LogP contribution < -0.4 is 9.47 Å². The summed E-state index contributed by atoms with van der Waals surface area (Å²) in [5, 5.41) is 0. The fourth-order valence-corrected chi connectivity index (χ4v) is 3.42. The Morgan fingerprint density at radius 1 is 0.759 bits per heavy atom. The number of allylic oxidation sites excluding steroid dienone is 1. The molecule has 2 nitrogen and oxygen atoms in total. The van der Waals surface area contributed by atoms with Gasteiger partial charge in [-0.25, -0.2) is 0 Å². The van der Waals surface area contributed by atoms with Crippen LogP contribution in [-0.4, -0.2) is 13.7 Å². The molecule has 0 saturated heterocycles. The second kappa shape index (κ2) is 9.00. The zero-order chi connectivity index (χ0) is 21.0. The molecule has 0 radical (unpaired) electrons. The monoisotopic (exact) mass is 386 g/mol. The molecule has 2 heteroatoms. The third-order valence-electron chi connectivity index (χ3n) is 5.14. The summed E-state index contributed by atoms with van der Waals surface area (Å²) in [4.78, 5) is 0. The largest absolute Gasteiger partial charge is 0.493 e. The second-order valence-corrected chi connectivity index (χ2v) is 7.81. The quantitative estimate of drug-likeness (QED) is 0.414. The van der Waals surface area contributed by atoms with Gasteiger partial charge in [0.1, 0.15) is 6.61 Å². The first-order valence-corrected chi connectivity index (χ1v) is 10.0. The first-order valence-electron chi connectivity index (χ1n) is 10.0. The molecular formula is C27H30O2. The van der Waals surface area contributed by atoms with E-state index >= 15 is 0 Å². The molecule has 3 aromatic carbocycles. The highest BCUT2D eigenvalue weighted by molar-refractivity contribution is 5.77. The summed E-state index contributed by atoms with van der Waals surface area (Å²) in [6.07, 6.45) is 2.06. The summed E-state index contributed by atoms with van der Waals surface area (Å²) < 4.78 is 11.5. The van der Waals surface area contributed by atoms with E-state index in [1.807, 2.05) is 6.07 Å². The summed E-state index contributed by atoms with van der Waals surface area (Å²) in [5.41, 5.74) is 9.89. The molecule has 0 aliphatic carbocycles. The van der Waals surface area contributed by atoms with E-state index in [1.165, 1.54) is 39.0 Å². The van der Waals surface area contributed by atoms with Crippen LogP contribution in [0.3, 0.4) is 0 Å². The molecule has 29 heavy (non-hydrogen) atoms. The van der Waals surface area contributed by atoms with E-state index in [4.69, 9.17) is 9.47 Å². The molecule has 0 amide bonds. The maximum Gasteiger partial charge on any atom is 0.161 e. The SMILES string of the molecule is COc1cc(-c2cc(C)c(-c3ccc(C)cc3)cc2C)ccc1OCC=C(C)C. The van der Waals surface area contributed by atoms with Crippen LogP contribution in [0.5, 0.6) is 11.5 Å². The van der Waals surface area contributed by atoms with E-state index < -0.39 is 0 Å². The summed E-state index contributed by atoms with van der Waals surface area (Å²) in [6.45, 7) is 11.1. The van der Waals surface area contributed by atoms with E-state index in [-0.39, 0.29) is 0 Å². The van der Waals surface area contributed by atoms with Gasteiger partial charge in [-0.3, -0.25) is 0 Å². The van der Waals surface area contributed by atoms with E-state index in [0.29, 0.717) is 6.61 Å². The Kier molecular flexibility index (Phi) is 6.43. The van der Waals surface area contributed by atoms with E-state index in [9.17, 15) is 0 Å². The average Bonchev–Trinajstić information content (AvgIpc) is 2.70. The molecule has 0 fully saturated rings. The molecule has 0 bridgehead atoms. The van der Waals surface area contributed by atoms with Crippen molar-refractivity contribution in [3.8, 4) is 33.8 Å². The minimum absolute atomic E-state index is 0.543. The van der Waals surface area contributed by atoms with Crippen molar-refractivity contribution in [1.82, 2.24) is 0 Å². The maximum absolute atomic E-state index is 5.87. The zero-order valence-electron chi connectivity index (χ0n) is 18.3. The molecular weight excluding hydrogens is 356 g/mol. The molecule has 0 aromatic heterocycles. The lowest BCUT2D eigenvalue weighted by Crippen LogP contribution is -1.98. The van der Waals surface area contributed by atoms with Gasteiger partial charge in [0, 0.05) is 0 Å². The van der Waals surface area contributed by atoms with E-state index in [0.717, 1.165) is 17.1 Å². The minimum atomic E-state index is 0.543. The molecule has 3 aromatic rings. The molecule has 0 heterocycles. The number of ether oxygens (including phenoxy) is 2. The Balaban J connectivity index is 1.95. The Morgan fingerprint density at radius 3 is 1.93 bits per heavy atom. The summed E-state index contributed by atoms with van der Waals surface area (Å²) >= 11 is 0. The molecule has 0 N–H and O–H groups in total. The highest BCUT2D eigenvalue weighted by atomic mass is 16.5. The van der Waals surface area contributed by atoms with Crippen LogP contribution >= 0.6 is 0 Å². The average molecular weight is 387 g/mol. The normalized spacial score (nSPS) is 10.6. The van der Waals surface area contributed by atoms with Gasteiger partial charge in [-0.15, -0.1) is 0 Å². The van der Waals surface area contributed by atoms with Gasteiger partial charge in [-0.05, 0) is 86.2 Å². The number of aryl methyl sites for hydroxylation is 3. The van der Waals surface area contributed by atoms with Gasteiger partial charge in [0.25, 0.3) is 0 Å². The fourth-order valence-electron chi connectivity index (χ4n) is 3.42. The highest BCUT2D eigenvalue weighted by Crippen LogP contribution is 2.36. The van der Waals surface area contributed by atoms with Gasteiger partial charge in [0.2, 0.25) is 0 Å². The van der Waals surface area contributed by atoms with Gasteiger partial charge in [0.15, 0.2) is 11.5 Å². The molecule has 3 rings (SSSR count). The lowest BCUT2D eigenvalue weighted by molar-refractivity contribution is 0.326. The number of benzene rings is 3. The Labute approximate surface area is 174 Å². The maximum atomic E-state index is 5.87. The van der Waals surface area contributed by atoms with Crippen molar-refractivity contribution in [1.29, 1.82) is 0 Å². The lowest BCUT2D eigenvalue weighted by Gasteiger charge is -2.15. The standard InChI is InChI=1S/C27H30O2/c1-18(2)13-14-29-26-12-11-23(17-27(26)28-6)25-16-20(4)24(15-21(25)5)22-9-7-19(3)8-10-22/h7-13,15-17H,14H2,1-6H3. The molecule has 150 valence electrons. The summed E-state index contributed by atoms with van der Waals surface area (Å²) in [7, 11) is 1.69. The van der Waals surface area contributed by atoms with Crippen LogP contribution in [0.15, 0.2) is 66.2 Å². The van der Waals surface area contributed by atoms with Crippen LogP contribution in [0, 0.1) is 20.8 Å².